The molecule has 104 valence electrons. The Balaban J connectivity index is 3.26. The second-order valence-electron chi connectivity index (χ2n) is 3.91. The normalized spacial score (nSPS) is 11.2. The number of hydrogen-bond donors (Lipinski definition) is 3. The Hall–Kier alpha value is -1.86. The highest BCUT2D eigenvalue weighted by Crippen LogP contribution is 2.06. The standard InChI is InChI=1S/C10H20N4O4/c11-10(13-14(17)18)12-8-6-4-2-1-3-5-7-9(15)16/h1-8H2,(H,15,16)(H3,11,12,13). The zero-order chi connectivity index (χ0) is 13.8. The molecule has 0 saturated heterocycles. The fourth-order valence-electron chi connectivity index (χ4n) is 1.45. The van der Waals surface area contributed by atoms with E-state index in [-0.39, 0.29) is 12.4 Å². The van der Waals surface area contributed by atoms with Crippen LogP contribution in [-0.4, -0.2) is 28.6 Å². The smallest absolute Gasteiger partial charge is 0.303 e. The van der Waals surface area contributed by atoms with Crippen molar-refractivity contribution in [3.05, 3.63) is 10.1 Å². The minimum absolute atomic E-state index is 0.179. The van der Waals surface area contributed by atoms with Gasteiger partial charge in [-0.2, -0.15) is 0 Å². The van der Waals surface area contributed by atoms with Crippen LogP contribution in [0, 0.1) is 10.1 Å². The van der Waals surface area contributed by atoms with Crippen molar-refractivity contribution in [1.82, 2.24) is 5.32 Å². The SMILES string of the molecule is N/C(=N/[N+](=O)[O-])NCCCCCCCCC(=O)O. The number of carbonyl (C=O) groups is 1. The van der Waals surface area contributed by atoms with Crippen LogP contribution in [0.5, 0.6) is 0 Å². The van der Waals surface area contributed by atoms with Gasteiger partial charge in [-0.1, -0.05) is 25.7 Å². The maximum absolute atomic E-state index is 10.2. The van der Waals surface area contributed by atoms with E-state index in [2.05, 4.69) is 10.4 Å². The fourth-order valence-corrected chi connectivity index (χ4v) is 1.45. The average Bonchev–Trinajstić information content (AvgIpc) is 2.25. The molecule has 0 spiro atoms. The Morgan fingerprint density at radius 3 is 2.33 bits per heavy atom. The summed E-state index contributed by atoms with van der Waals surface area (Å²) in [4.78, 5) is 20.2. The summed E-state index contributed by atoms with van der Waals surface area (Å²) in [5.74, 6) is -0.929. The number of guanidine groups is 1. The molecule has 4 N–H and O–H groups in total. The number of aliphatic carboxylic acids is 1. The molecule has 18 heavy (non-hydrogen) atoms. The van der Waals surface area contributed by atoms with Gasteiger partial charge in [-0.3, -0.25) is 4.79 Å². The summed E-state index contributed by atoms with van der Waals surface area (Å²) >= 11 is 0. The quantitative estimate of drug-likeness (QED) is 0.176. The molecule has 0 saturated carbocycles. The van der Waals surface area contributed by atoms with Gasteiger partial charge in [0.1, 0.15) is 5.10 Å². The minimum atomic E-state index is -0.842. The van der Waals surface area contributed by atoms with E-state index in [9.17, 15) is 14.9 Å². The van der Waals surface area contributed by atoms with Crippen molar-refractivity contribution >= 4 is 11.9 Å². The summed E-state index contributed by atoms with van der Waals surface area (Å²) in [6.07, 6.45) is 5.73. The first-order chi connectivity index (χ1) is 8.52. The van der Waals surface area contributed by atoms with Crippen LogP contribution in [0.3, 0.4) is 0 Å². The number of carboxylic acid groups (broad SMARTS) is 1. The first kappa shape index (κ1) is 16.1. The van der Waals surface area contributed by atoms with E-state index in [4.69, 9.17) is 10.8 Å². The van der Waals surface area contributed by atoms with E-state index in [0.29, 0.717) is 6.54 Å². The summed E-state index contributed by atoms with van der Waals surface area (Å²) in [7, 11) is 0. The van der Waals surface area contributed by atoms with Crippen molar-refractivity contribution < 1.29 is 14.9 Å². The van der Waals surface area contributed by atoms with Crippen LogP contribution in [0.1, 0.15) is 44.9 Å². The van der Waals surface area contributed by atoms with Crippen LogP contribution in [0.4, 0.5) is 0 Å². The van der Waals surface area contributed by atoms with Gasteiger partial charge in [0.2, 0.25) is 0 Å². The first-order valence-corrected chi connectivity index (χ1v) is 5.96. The highest BCUT2D eigenvalue weighted by molar-refractivity contribution is 5.76. The van der Waals surface area contributed by atoms with Gasteiger partial charge >= 0.3 is 5.97 Å². The van der Waals surface area contributed by atoms with Crippen LogP contribution >= 0.6 is 0 Å². The number of unbranched alkanes of at least 4 members (excludes halogenated alkanes) is 5. The number of hydrogen-bond acceptors (Lipinski definition) is 3. The maximum Gasteiger partial charge on any atom is 0.303 e. The first-order valence-electron chi connectivity index (χ1n) is 5.96. The van der Waals surface area contributed by atoms with E-state index in [1.807, 2.05) is 0 Å². The van der Waals surface area contributed by atoms with Gasteiger partial charge in [0.25, 0.3) is 5.96 Å². The van der Waals surface area contributed by atoms with E-state index in [1.165, 1.54) is 0 Å². The molecule has 0 aromatic carbocycles. The van der Waals surface area contributed by atoms with Crippen LogP contribution in [0.25, 0.3) is 0 Å². The van der Waals surface area contributed by atoms with Gasteiger partial charge < -0.3 is 16.2 Å². The lowest BCUT2D eigenvalue weighted by Crippen LogP contribution is -2.33. The highest BCUT2D eigenvalue weighted by atomic mass is 16.7. The third kappa shape index (κ3) is 12.2. The van der Waals surface area contributed by atoms with Gasteiger partial charge in [-0.05, 0) is 12.8 Å². The Bertz CT molecular complexity index is 294. The van der Waals surface area contributed by atoms with E-state index in [0.717, 1.165) is 38.5 Å². The van der Waals surface area contributed by atoms with E-state index >= 15 is 0 Å². The lowest BCUT2D eigenvalue weighted by atomic mass is 10.1. The Morgan fingerprint density at radius 2 is 1.78 bits per heavy atom. The highest BCUT2D eigenvalue weighted by Gasteiger charge is 1.98. The zero-order valence-corrected chi connectivity index (χ0v) is 10.3. The second kappa shape index (κ2) is 10.3. The van der Waals surface area contributed by atoms with Gasteiger partial charge in [-0.25, -0.2) is 10.1 Å². The number of nitro groups is 1. The molecule has 0 bridgehead atoms. The van der Waals surface area contributed by atoms with Gasteiger partial charge in [0.15, 0.2) is 5.03 Å². The molecule has 0 fully saturated rings. The second-order valence-corrected chi connectivity index (χ2v) is 3.91. The summed E-state index contributed by atoms with van der Waals surface area (Å²) in [6.45, 7) is 0.554. The topological polar surface area (TPSA) is 131 Å². The minimum Gasteiger partial charge on any atom is -0.481 e. The molecule has 0 aromatic rings. The van der Waals surface area contributed by atoms with Crippen LogP contribution < -0.4 is 11.1 Å². The number of hydrazone groups is 1. The van der Waals surface area contributed by atoms with Crippen LogP contribution in [0.2, 0.25) is 0 Å². The number of nitrogens with two attached hydrogens (primary N) is 1. The molecule has 0 heterocycles. The predicted octanol–water partition coefficient (Wildman–Crippen LogP) is 0.898. The lowest BCUT2D eigenvalue weighted by Gasteiger charge is -2.03. The van der Waals surface area contributed by atoms with Crippen molar-refractivity contribution in [3.63, 3.8) is 0 Å². The predicted molar refractivity (Wildman–Crippen MR) is 66.6 cm³/mol. The third-order valence-corrected chi connectivity index (χ3v) is 2.31. The van der Waals surface area contributed by atoms with Crippen molar-refractivity contribution in [2.24, 2.45) is 10.8 Å². The summed E-state index contributed by atoms with van der Waals surface area (Å²) in [5.41, 5.74) is 5.23. The number of carboxylic acids is 1. The monoisotopic (exact) mass is 260 g/mol. The molecule has 0 amide bonds. The van der Waals surface area contributed by atoms with E-state index < -0.39 is 11.0 Å². The molecule has 8 nitrogen and oxygen atoms in total. The molecule has 0 unspecified atom stereocenters. The average molecular weight is 260 g/mol. The molecule has 0 rings (SSSR count). The molecule has 0 atom stereocenters. The number of rotatable bonds is 10. The summed E-state index contributed by atoms with van der Waals surface area (Å²) < 4.78 is 0. The fraction of sp³-hybridized carbons (Fsp3) is 0.800. The Morgan fingerprint density at radius 1 is 1.22 bits per heavy atom. The van der Waals surface area contributed by atoms with Gasteiger partial charge in [0.05, 0.1) is 0 Å². The van der Waals surface area contributed by atoms with Crippen molar-refractivity contribution in [2.45, 2.75) is 44.9 Å². The molecule has 8 heteroatoms. The molecular formula is C10H20N4O4. The lowest BCUT2D eigenvalue weighted by molar-refractivity contribution is -0.485. The van der Waals surface area contributed by atoms with Crippen molar-refractivity contribution in [1.29, 1.82) is 0 Å². The Kier molecular flexibility index (Phi) is 9.24. The molecule has 0 aliphatic heterocycles. The summed E-state index contributed by atoms with van der Waals surface area (Å²) in [6, 6.07) is 0. The number of nitrogens with zero attached hydrogens (tertiary/aromatic N) is 2. The van der Waals surface area contributed by atoms with Crippen LogP contribution in [-0.2, 0) is 4.79 Å². The number of nitrogens with one attached hydrogen (secondary N) is 1. The van der Waals surface area contributed by atoms with Gasteiger partial charge in [0, 0.05) is 13.0 Å². The third-order valence-electron chi connectivity index (χ3n) is 2.31. The summed E-state index contributed by atoms with van der Waals surface area (Å²) in [5, 5.41) is 23.1. The van der Waals surface area contributed by atoms with E-state index in [1.54, 1.807) is 0 Å². The van der Waals surface area contributed by atoms with Crippen molar-refractivity contribution in [3.8, 4) is 0 Å². The molecule has 0 aliphatic rings. The van der Waals surface area contributed by atoms with Crippen molar-refractivity contribution in [2.75, 3.05) is 6.54 Å². The van der Waals surface area contributed by atoms with Crippen LogP contribution in [0.15, 0.2) is 5.10 Å². The maximum atomic E-state index is 10.2. The van der Waals surface area contributed by atoms with Gasteiger partial charge in [-0.15, -0.1) is 0 Å². The largest absolute Gasteiger partial charge is 0.481 e. The zero-order valence-electron chi connectivity index (χ0n) is 10.3. The molecule has 0 radical (unpaired) electrons. The molecule has 0 aliphatic carbocycles. The molecular weight excluding hydrogens is 240 g/mol. The Labute approximate surface area is 105 Å². The molecule has 0 aromatic heterocycles.